The van der Waals surface area contributed by atoms with Crippen molar-refractivity contribution in [1.29, 1.82) is 0 Å². The summed E-state index contributed by atoms with van der Waals surface area (Å²) in [6.45, 7) is 12.1. The van der Waals surface area contributed by atoms with Gasteiger partial charge in [0.15, 0.2) is 0 Å². The van der Waals surface area contributed by atoms with Crippen molar-refractivity contribution in [3.8, 4) is 0 Å². The number of alkyl halides is 3. The van der Waals surface area contributed by atoms with Crippen LogP contribution in [0.25, 0.3) is 0 Å². The molecule has 0 radical (unpaired) electrons. The Morgan fingerprint density at radius 3 is 2.24 bits per heavy atom. The summed E-state index contributed by atoms with van der Waals surface area (Å²) in [5.41, 5.74) is -3.64. The number of hydrogen-bond acceptors (Lipinski definition) is 4. The molecule has 25 heavy (non-hydrogen) atoms. The fourth-order valence-electron chi connectivity index (χ4n) is 3.57. The van der Waals surface area contributed by atoms with Crippen molar-refractivity contribution in [2.24, 2.45) is 16.3 Å². The van der Waals surface area contributed by atoms with E-state index in [-0.39, 0.29) is 30.3 Å². The first-order valence-electron chi connectivity index (χ1n) is 8.32. The fourth-order valence-corrected chi connectivity index (χ4v) is 4.30. The maximum atomic E-state index is 12.7. The lowest BCUT2D eigenvalue weighted by atomic mass is 9.88. The third-order valence-electron chi connectivity index (χ3n) is 4.44. The van der Waals surface area contributed by atoms with Crippen LogP contribution in [0.2, 0.25) is 0 Å². The van der Waals surface area contributed by atoms with Crippen molar-refractivity contribution in [3.05, 3.63) is 11.3 Å². The molecule has 1 N–H and O–H groups in total. The highest BCUT2D eigenvalue weighted by Gasteiger charge is 2.49. The summed E-state index contributed by atoms with van der Waals surface area (Å²) < 4.78 is 62.8. The largest absolute Gasteiger partial charge is 0.511 e. The molecular weight excluding hydrogens is 355 g/mol. The second-order valence-corrected chi connectivity index (χ2v) is 9.72. The zero-order chi connectivity index (χ0) is 19.4. The molecule has 144 valence electrons. The molecule has 0 spiro atoms. The second-order valence-electron chi connectivity index (χ2n) is 8.01. The average Bonchev–Trinajstić information content (AvgIpc) is 2.76. The molecule has 1 saturated heterocycles. The van der Waals surface area contributed by atoms with Gasteiger partial charge in [-0.15, -0.1) is 0 Å². The van der Waals surface area contributed by atoms with Gasteiger partial charge < -0.3 is 4.90 Å². The Morgan fingerprint density at radius 1 is 1.24 bits per heavy atom. The highest BCUT2D eigenvalue weighted by atomic mass is 32.2. The number of rotatable bonds is 3. The Bertz CT molecular complexity index is 703. The van der Waals surface area contributed by atoms with Gasteiger partial charge in [0.1, 0.15) is 5.84 Å². The zero-order valence-electron chi connectivity index (χ0n) is 15.4. The molecule has 0 unspecified atom stereocenters. The summed E-state index contributed by atoms with van der Waals surface area (Å²) in [5, 5.41) is 0. The number of nitrogens with zero attached hydrogens (tertiary/aromatic N) is 2. The Labute approximate surface area is 147 Å². The zero-order valence-corrected chi connectivity index (χ0v) is 16.2. The third-order valence-corrected chi connectivity index (χ3v) is 5.70. The van der Waals surface area contributed by atoms with Gasteiger partial charge in [-0.25, -0.2) is 13.1 Å². The first kappa shape index (κ1) is 20.2. The molecular formula is C16H26F3N3O2S. The molecule has 2 rings (SSSR count). The van der Waals surface area contributed by atoms with E-state index < -0.39 is 21.6 Å². The van der Waals surface area contributed by atoms with Crippen molar-refractivity contribution in [1.82, 2.24) is 9.62 Å². The van der Waals surface area contributed by atoms with E-state index in [0.29, 0.717) is 0 Å². The topological polar surface area (TPSA) is 61.8 Å². The van der Waals surface area contributed by atoms with Gasteiger partial charge in [-0.05, 0) is 18.4 Å². The van der Waals surface area contributed by atoms with Crippen molar-refractivity contribution in [2.75, 3.05) is 6.54 Å². The van der Waals surface area contributed by atoms with Crippen LogP contribution in [0, 0.1) is 11.3 Å². The SMILES string of the molecule is CC(C)C1=C2C[C@@H](NS(=O)(=O)C(F)(F)F)CN2C(C(C)(C)C)=N[C@H]1C. The van der Waals surface area contributed by atoms with E-state index in [9.17, 15) is 21.6 Å². The first-order valence-corrected chi connectivity index (χ1v) is 9.81. The highest BCUT2D eigenvalue weighted by Crippen LogP contribution is 2.39. The Balaban J connectivity index is 2.40. The molecule has 2 aliphatic rings. The molecule has 1 fully saturated rings. The van der Waals surface area contributed by atoms with Gasteiger partial charge in [-0.2, -0.15) is 13.2 Å². The van der Waals surface area contributed by atoms with Gasteiger partial charge in [0.25, 0.3) is 0 Å². The van der Waals surface area contributed by atoms with Gasteiger partial charge in [0, 0.05) is 30.1 Å². The molecule has 0 aromatic carbocycles. The van der Waals surface area contributed by atoms with Crippen LogP contribution in [0.4, 0.5) is 13.2 Å². The number of hydrogen-bond donors (Lipinski definition) is 1. The summed E-state index contributed by atoms with van der Waals surface area (Å²) in [6.07, 6.45) is 0.238. The predicted octanol–water partition coefficient (Wildman–Crippen LogP) is 3.26. The van der Waals surface area contributed by atoms with Crippen LogP contribution in [0.5, 0.6) is 0 Å². The minimum atomic E-state index is -5.37. The Kier molecular flexibility index (Phi) is 5.07. The molecule has 2 atom stereocenters. The van der Waals surface area contributed by atoms with Crippen molar-refractivity contribution in [2.45, 2.75) is 65.6 Å². The molecule has 2 aliphatic heterocycles. The van der Waals surface area contributed by atoms with Crippen molar-refractivity contribution >= 4 is 15.9 Å². The quantitative estimate of drug-likeness (QED) is 0.816. The minimum Gasteiger partial charge on any atom is -0.332 e. The van der Waals surface area contributed by atoms with E-state index in [1.54, 1.807) is 0 Å². The average molecular weight is 381 g/mol. The number of halogens is 3. The normalized spacial score (nSPS) is 25.5. The molecule has 0 aromatic heterocycles. The second kappa shape index (κ2) is 6.26. The fraction of sp³-hybridized carbons (Fsp3) is 0.812. The van der Waals surface area contributed by atoms with Crippen LogP contribution in [0.15, 0.2) is 16.3 Å². The minimum absolute atomic E-state index is 0.0709. The molecule has 0 saturated carbocycles. The van der Waals surface area contributed by atoms with Gasteiger partial charge >= 0.3 is 15.5 Å². The summed E-state index contributed by atoms with van der Waals surface area (Å²) in [4.78, 5) is 6.67. The molecule has 9 heteroatoms. The highest BCUT2D eigenvalue weighted by molar-refractivity contribution is 7.90. The van der Waals surface area contributed by atoms with Gasteiger partial charge in [-0.3, -0.25) is 4.99 Å². The molecule has 0 aliphatic carbocycles. The first-order chi connectivity index (χ1) is 11.1. The van der Waals surface area contributed by atoms with Crippen LogP contribution >= 0.6 is 0 Å². The van der Waals surface area contributed by atoms with Crippen LogP contribution in [-0.2, 0) is 10.0 Å². The van der Waals surface area contributed by atoms with Crippen LogP contribution < -0.4 is 4.72 Å². The maximum Gasteiger partial charge on any atom is 0.511 e. The third kappa shape index (κ3) is 3.86. The van der Waals surface area contributed by atoms with E-state index in [0.717, 1.165) is 17.1 Å². The molecule has 0 bridgehead atoms. The number of fused-ring (bicyclic) bond motifs is 1. The monoisotopic (exact) mass is 381 g/mol. The Hall–Kier alpha value is -1.09. The summed E-state index contributed by atoms with van der Waals surface area (Å²) in [5.74, 6) is 0.962. The van der Waals surface area contributed by atoms with Crippen LogP contribution in [0.1, 0.15) is 48.0 Å². The van der Waals surface area contributed by atoms with Crippen molar-refractivity contribution < 1.29 is 21.6 Å². The molecule has 0 aromatic rings. The number of sulfonamides is 1. The lowest BCUT2D eigenvalue weighted by Gasteiger charge is -2.38. The standard InChI is InChI=1S/C16H26F3N3O2S/c1-9(2)13-10(3)20-14(15(4,5)6)22-8-11(7-12(13)22)21-25(23,24)16(17,18)19/h9-11,21H,7-8H2,1-6H3/t10-,11+/m0/s1. The van der Waals surface area contributed by atoms with E-state index in [1.165, 1.54) is 0 Å². The van der Waals surface area contributed by atoms with Crippen LogP contribution in [0.3, 0.4) is 0 Å². The smallest absolute Gasteiger partial charge is 0.332 e. The number of amidine groups is 1. The molecule has 2 heterocycles. The van der Waals surface area contributed by atoms with E-state index in [2.05, 4.69) is 0 Å². The van der Waals surface area contributed by atoms with E-state index in [1.807, 2.05) is 51.2 Å². The van der Waals surface area contributed by atoms with E-state index in [4.69, 9.17) is 4.99 Å². The molecule has 5 nitrogen and oxygen atoms in total. The van der Waals surface area contributed by atoms with Gasteiger partial charge in [0.2, 0.25) is 0 Å². The lowest BCUT2D eigenvalue weighted by Crippen LogP contribution is -2.46. The van der Waals surface area contributed by atoms with Crippen molar-refractivity contribution in [3.63, 3.8) is 0 Å². The summed E-state index contributed by atoms with van der Waals surface area (Å²) >= 11 is 0. The summed E-state index contributed by atoms with van der Waals surface area (Å²) in [7, 11) is -5.37. The predicted molar refractivity (Wildman–Crippen MR) is 91.4 cm³/mol. The molecule has 0 amide bonds. The maximum absolute atomic E-state index is 12.7. The lowest BCUT2D eigenvalue weighted by molar-refractivity contribution is -0.0450. The number of nitrogens with one attached hydrogen (secondary N) is 1. The van der Waals surface area contributed by atoms with Crippen LogP contribution in [-0.4, -0.2) is 43.3 Å². The van der Waals surface area contributed by atoms with E-state index >= 15 is 0 Å². The van der Waals surface area contributed by atoms with Gasteiger partial charge in [0.05, 0.1) is 6.04 Å². The van der Waals surface area contributed by atoms with Gasteiger partial charge in [-0.1, -0.05) is 34.6 Å². The summed E-state index contributed by atoms with van der Waals surface area (Å²) in [6, 6.07) is -0.897. The Morgan fingerprint density at radius 2 is 1.80 bits per heavy atom. The number of aliphatic imine (C=N–C) groups is 1.